The van der Waals surface area contributed by atoms with Crippen molar-refractivity contribution in [3.8, 4) is 22.8 Å². The Kier molecular flexibility index (Phi) is 7.61. The van der Waals surface area contributed by atoms with E-state index in [2.05, 4.69) is 20.7 Å². The Labute approximate surface area is 206 Å². The number of rotatable bonds is 8. The highest BCUT2D eigenvalue weighted by atomic mass is 35.5. The zero-order chi connectivity index (χ0) is 23.9. The van der Waals surface area contributed by atoms with E-state index in [4.69, 9.17) is 16.3 Å². The highest BCUT2D eigenvalue weighted by Crippen LogP contribution is 2.29. The molecule has 4 aromatic rings. The summed E-state index contributed by atoms with van der Waals surface area (Å²) in [6.45, 7) is 2.03. The molecule has 0 aliphatic heterocycles. The summed E-state index contributed by atoms with van der Waals surface area (Å²) in [6.07, 6.45) is 1.55. The van der Waals surface area contributed by atoms with Crippen LogP contribution in [-0.4, -0.2) is 39.7 Å². The van der Waals surface area contributed by atoms with E-state index in [1.807, 2.05) is 84.3 Å². The Hall–Kier alpha value is -3.62. The van der Waals surface area contributed by atoms with Crippen LogP contribution in [0.3, 0.4) is 0 Å². The second kappa shape index (κ2) is 11.0. The van der Waals surface area contributed by atoms with Crippen LogP contribution in [-0.2, 0) is 4.79 Å². The molecule has 0 saturated heterocycles. The SMILES string of the molecule is COc1ccccc1C=NNC(=O)CSc1nnc(-c2ccc(Cl)cc2)n1-c1ccc(C)cc1. The maximum Gasteiger partial charge on any atom is 0.250 e. The molecule has 0 spiro atoms. The lowest BCUT2D eigenvalue weighted by Crippen LogP contribution is -2.20. The number of halogens is 1. The fourth-order valence-corrected chi connectivity index (χ4v) is 4.06. The average Bonchev–Trinajstić information content (AvgIpc) is 3.28. The highest BCUT2D eigenvalue weighted by molar-refractivity contribution is 7.99. The molecule has 0 atom stereocenters. The van der Waals surface area contributed by atoms with Gasteiger partial charge in [0.2, 0.25) is 0 Å². The van der Waals surface area contributed by atoms with E-state index in [0.717, 1.165) is 22.4 Å². The van der Waals surface area contributed by atoms with Crippen molar-refractivity contribution < 1.29 is 9.53 Å². The number of methoxy groups -OCH3 is 1. The van der Waals surface area contributed by atoms with Gasteiger partial charge in [-0.3, -0.25) is 9.36 Å². The largest absolute Gasteiger partial charge is 0.496 e. The minimum Gasteiger partial charge on any atom is -0.496 e. The summed E-state index contributed by atoms with van der Waals surface area (Å²) in [4.78, 5) is 12.4. The normalized spacial score (nSPS) is 11.0. The van der Waals surface area contributed by atoms with Gasteiger partial charge in [0.15, 0.2) is 11.0 Å². The highest BCUT2D eigenvalue weighted by Gasteiger charge is 2.17. The van der Waals surface area contributed by atoms with Crippen LogP contribution in [0.1, 0.15) is 11.1 Å². The molecule has 172 valence electrons. The number of nitrogens with one attached hydrogen (secondary N) is 1. The first-order valence-corrected chi connectivity index (χ1v) is 11.8. The predicted molar refractivity (Wildman–Crippen MR) is 136 cm³/mol. The summed E-state index contributed by atoms with van der Waals surface area (Å²) >= 11 is 7.33. The van der Waals surface area contributed by atoms with Crippen molar-refractivity contribution in [1.29, 1.82) is 0 Å². The predicted octanol–water partition coefficient (Wildman–Crippen LogP) is 5.15. The van der Waals surface area contributed by atoms with Gasteiger partial charge >= 0.3 is 0 Å². The monoisotopic (exact) mass is 491 g/mol. The van der Waals surface area contributed by atoms with Gasteiger partial charge in [-0.2, -0.15) is 5.10 Å². The molecule has 0 aliphatic rings. The van der Waals surface area contributed by atoms with Gasteiger partial charge in [0.05, 0.1) is 19.1 Å². The molecule has 0 saturated carbocycles. The van der Waals surface area contributed by atoms with E-state index in [0.29, 0.717) is 21.8 Å². The molecular formula is C25H22ClN5O2S. The van der Waals surface area contributed by atoms with Crippen LogP contribution >= 0.6 is 23.4 Å². The topological polar surface area (TPSA) is 81.4 Å². The van der Waals surface area contributed by atoms with Crippen LogP contribution in [0.4, 0.5) is 0 Å². The summed E-state index contributed by atoms with van der Waals surface area (Å²) in [6, 6.07) is 22.9. The molecule has 3 aromatic carbocycles. The number of carbonyl (C=O) groups excluding carboxylic acids is 1. The van der Waals surface area contributed by atoms with E-state index in [-0.39, 0.29) is 11.7 Å². The van der Waals surface area contributed by atoms with E-state index < -0.39 is 0 Å². The van der Waals surface area contributed by atoms with Crippen molar-refractivity contribution in [3.05, 3.63) is 88.9 Å². The van der Waals surface area contributed by atoms with Gasteiger partial charge in [-0.25, -0.2) is 5.43 Å². The molecule has 0 bridgehead atoms. The van der Waals surface area contributed by atoms with E-state index in [1.165, 1.54) is 11.8 Å². The number of benzene rings is 3. The van der Waals surface area contributed by atoms with Crippen molar-refractivity contribution in [3.63, 3.8) is 0 Å². The summed E-state index contributed by atoms with van der Waals surface area (Å²) in [5.74, 6) is 1.20. The Morgan fingerprint density at radius 1 is 1.09 bits per heavy atom. The lowest BCUT2D eigenvalue weighted by molar-refractivity contribution is -0.118. The minimum absolute atomic E-state index is 0.119. The average molecular weight is 492 g/mol. The van der Waals surface area contributed by atoms with Crippen LogP contribution < -0.4 is 10.2 Å². The van der Waals surface area contributed by atoms with Crippen molar-refractivity contribution >= 4 is 35.5 Å². The molecule has 1 amide bonds. The van der Waals surface area contributed by atoms with Gasteiger partial charge in [-0.05, 0) is 55.5 Å². The smallest absolute Gasteiger partial charge is 0.250 e. The number of para-hydroxylation sites is 1. The van der Waals surface area contributed by atoms with Gasteiger partial charge in [-0.15, -0.1) is 10.2 Å². The molecule has 0 unspecified atom stereocenters. The number of carbonyl (C=O) groups is 1. The van der Waals surface area contributed by atoms with Crippen LogP contribution in [0.2, 0.25) is 5.02 Å². The molecule has 34 heavy (non-hydrogen) atoms. The Morgan fingerprint density at radius 3 is 2.56 bits per heavy atom. The lowest BCUT2D eigenvalue weighted by atomic mass is 10.2. The second-order valence-corrected chi connectivity index (χ2v) is 8.69. The molecular weight excluding hydrogens is 470 g/mol. The molecule has 7 nitrogen and oxygen atoms in total. The summed E-state index contributed by atoms with van der Waals surface area (Å²) in [7, 11) is 1.59. The first kappa shape index (κ1) is 23.5. The number of nitrogens with zero attached hydrogens (tertiary/aromatic N) is 4. The van der Waals surface area contributed by atoms with Crippen molar-refractivity contribution in [2.45, 2.75) is 12.1 Å². The first-order valence-electron chi connectivity index (χ1n) is 10.4. The fraction of sp³-hybridized carbons (Fsp3) is 0.120. The Balaban J connectivity index is 1.51. The Morgan fingerprint density at radius 2 is 1.82 bits per heavy atom. The molecule has 1 N–H and O–H groups in total. The standard InChI is InChI=1S/C25H22ClN5O2S/c1-17-7-13-21(14-8-17)31-24(18-9-11-20(26)12-10-18)29-30-25(31)34-16-23(32)28-27-15-19-5-3-4-6-22(19)33-2/h3-15H,16H2,1-2H3,(H,28,32). The molecule has 1 heterocycles. The number of hydrogen-bond donors (Lipinski definition) is 1. The van der Waals surface area contributed by atoms with E-state index >= 15 is 0 Å². The van der Waals surface area contributed by atoms with Crippen LogP contribution in [0.5, 0.6) is 5.75 Å². The van der Waals surface area contributed by atoms with Gasteiger partial charge in [-0.1, -0.05) is 53.2 Å². The number of amides is 1. The number of ether oxygens (including phenoxy) is 1. The van der Waals surface area contributed by atoms with Crippen LogP contribution in [0, 0.1) is 6.92 Å². The quantitative estimate of drug-likeness (QED) is 0.209. The first-order chi connectivity index (χ1) is 16.5. The molecule has 1 aromatic heterocycles. The Bertz CT molecular complexity index is 1300. The maximum atomic E-state index is 12.4. The minimum atomic E-state index is -0.261. The number of thioether (sulfide) groups is 1. The van der Waals surface area contributed by atoms with Crippen molar-refractivity contribution in [1.82, 2.24) is 20.2 Å². The molecule has 0 fully saturated rings. The third kappa shape index (κ3) is 5.65. The number of aryl methyl sites for hydroxylation is 1. The van der Waals surface area contributed by atoms with E-state index in [9.17, 15) is 4.79 Å². The number of hydrazone groups is 1. The van der Waals surface area contributed by atoms with Crippen molar-refractivity contribution in [2.24, 2.45) is 5.10 Å². The van der Waals surface area contributed by atoms with Crippen LogP contribution in [0.25, 0.3) is 17.1 Å². The van der Waals surface area contributed by atoms with Gasteiger partial charge in [0, 0.05) is 21.8 Å². The van der Waals surface area contributed by atoms with Crippen LogP contribution in [0.15, 0.2) is 83.1 Å². The number of aromatic nitrogens is 3. The van der Waals surface area contributed by atoms with Crippen molar-refractivity contribution in [2.75, 3.05) is 12.9 Å². The fourth-order valence-electron chi connectivity index (χ4n) is 3.19. The number of hydrogen-bond acceptors (Lipinski definition) is 6. The molecule has 0 aliphatic carbocycles. The summed E-state index contributed by atoms with van der Waals surface area (Å²) in [5, 5.41) is 14.0. The summed E-state index contributed by atoms with van der Waals surface area (Å²) in [5.41, 5.74) is 6.23. The lowest BCUT2D eigenvalue weighted by Gasteiger charge is -2.10. The molecule has 4 rings (SSSR count). The van der Waals surface area contributed by atoms with Gasteiger partial charge in [0.25, 0.3) is 5.91 Å². The summed E-state index contributed by atoms with van der Waals surface area (Å²) < 4.78 is 7.21. The van der Waals surface area contributed by atoms with Gasteiger partial charge < -0.3 is 4.74 Å². The zero-order valence-corrected chi connectivity index (χ0v) is 20.2. The zero-order valence-electron chi connectivity index (χ0n) is 18.6. The van der Waals surface area contributed by atoms with Gasteiger partial charge in [0.1, 0.15) is 5.75 Å². The third-order valence-corrected chi connectivity index (χ3v) is 6.07. The third-order valence-electron chi connectivity index (χ3n) is 4.89. The second-order valence-electron chi connectivity index (χ2n) is 7.31. The maximum absolute atomic E-state index is 12.4. The molecule has 9 heteroatoms. The van der Waals surface area contributed by atoms with E-state index in [1.54, 1.807) is 13.3 Å². The molecule has 0 radical (unpaired) electrons.